The highest BCUT2D eigenvalue weighted by Crippen LogP contribution is 2.12. The summed E-state index contributed by atoms with van der Waals surface area (Å²) < 4.78 is 25.5. The zero-order valence-electron chi connectivity index (χ0n) is 14.3. The van der Waals surface area contributed by atoms with Gasteiger partial charge in [0.15, 0.2) is 0 Å². The Hall–Kier alpha value is -1.60. The van der Waals surface area contributed by atoms with Gasteiger partial charge in [0, 0.05) is 17.8 Å². The number of benzene rings is 1. The van der Waals surface area contributed by atoms with Gasteiger partial charge in [0.05, 0.1) is 5.75 Å². The van der Waals surface area contributed by atoms with Crippen molar-refractivity contribution in [1.82, 2.24) is 10.2 Å². The second kappa shape index (κ2) is 9.03. The van der Waals surface area contributed by atoms with E-state index in [-0.39, 0.29) is 11.7 Å². The number of anilines is 1. The molecule has 0 radical (unpaired) electrons. The number of hydrogen-bond acceptors (Lipinski definition) is 4. The van der Waals surface area contributed by atoms with Crippen LogP contribution in [0.1, 0.15) is 43.0 Å². The van der Waals surface area contributed by atoms with Gasteiger partial charge in [-0.3, -0.25) is 9.52 Å². The van der Waals surface area contributed by atoms with Gasteiger partial charge in [-0.05, 0) is 70.1 Å². The van der Waals surface area contributed by atoms with Crippen LogP contribution in [-0.2, 0) is 10.0 Å². The van der Waals surface area contributed by atoms with E-state index >= 15 is 0 Å². The van der Waals surface area contributed by atoms with Crippen LogP contribution in [0.3, 0.4) is 0 Å². The topological polar surface area (TPSA) is 78.5 Å². The minimum Gasteiger partial charge on any atom is -0.352 e. The van der Waals surface area contributed by atoms with Crippen molar-refractivity contribution >= 4 is 21.6 Å². The SMILES string of the molecule is CCS(=O)(=O)Nc1ccc(C(=O)NCCCN2CCCCC2)cc1. The lowest BCUT2D eigenvalue weighted by molar-refractivity contribution is 0.0951. The van der Waals surface area contributed by atoms with Gasteiger partial charge in [0.1, 0.15) is 0 Å². The Kier molecular flexibility index (Phi) is 7.05. The molecule has 2 N–H and O–H groups in total. The normalized spacial score (nSPS) is 15.9. The van der Waals surface area contributed by atoms with Gasteiger partial charge in [-0.25, -0.2) is 8.42 Å². The van der Waals surface area contributed by atoms with Crippen LogP contribution in [0, 0.1) is 0 Å². The van der Waals surface area contributed by atoms with E-state index in [0.717, 1.165) is 13.0 Å². The fourth-order valence-corrected chi connectivity index (χ4v) is 3.37. The molecule has 134 valence electrons. The van der Waals surface area contributed by atoms with Crippen molar-refractivity contribution in [2.24, 2.45) is 0 Å². The number of nitrogens with one attached hydrogen (secondary N) is 2. The van der Waals surface area contributed by atoms with Crippen LogP contribution in [0.4, 0.5) is 5.69 Å². The zero-order valence-corrected chi connectivity index (χ0v) is 15.1. The molecule has 0 atom stereocenters. The number of sulfonamides is 1. The van der Waals surface area contributed by atoms with Gasteiger partial charge < -0.3 is 10.2 Å². The molecule has 0 unspecified atom stereocenters. The molecule has 7 heteroatoms. The number of nitrogens with zero attached hydrogens (tertiary/aromatic N) is 1. The fourth-order valence-electron chi connectivity index (χ4n) is 2.73. The summed E-state index contributed by atoms with van der Waals surface area (Å²) in [6, 6.07) is 6.48. The summed E-state index contributed by atoms with van der Waals surface area (Å²) in [6.45, 7) is 5.59. The van der Waals surface area contributed by atoms with Gasteiger partial charge in [-0.15, -0.1) is 0 Å². The number of carbonyl (C=O) groups excluding carboxylic acids is 1. The van der Waals surface area contributed by atoms with Crippen molar-refractivity contribution in [2.45, 2.75) is 32.6 Å². The quantitative estimate of drug-likeness (QED) is 0.701. The van der Waals surface area contributed by atoms with Crippen molar-refractivity contribution < 1.29 is 13.2 Å². The molecule has 0 spiro atoms. The van der Waals surface area contributed by atoms with Crippen LogP contribution in [0.2, 0.25) is 0 Å². The average Bonchev–Trinajstić information content (AvgIpc) is 2.60. The highest BCUT2D eigenvalue weighted by Gasteiger charge is 2.11. The van der Waals surface area contributed by atoms with Crippen molar-refractivity contribution in [3.8, 4) is 0 Å². The van der Waals surface area contributed by atoms with Crippen LogP contribution >= 0.6 is 0 Å². The molecule has 1 amide bonds. The first kappa shape index (κ1) is 18.7. The standard InChI is InChI=1S/C17H27N3O3S/c1-2-24(22,23)19-16-9-7-15(8-10-16)17(21)18-11-6-14-20-12-4-3-5-13-20/h7-10,19H,2-6,11-14H2,1H3,(H,18,21). The molecule has 1 heterocycles. The van der Waals surface area contributed by atoms with E-state index in [1.54, 1.807) is 31.2 Å². The summed E-state index contributed by atoms with van der Waals surface area (Å²) in [7, 11) is -3.29. The molecule has 0 bridgehead atoms. The molecule has 1 aromatic carbocycles. The lowest BCUT2D eigenvalue weighted by atomic mass is 10.1. The Labute approximate surface area is 144 Å². The Morgan fingerprint density at radius 2 is 1.79 bits per heavy atom. The fraction of sp³-hybridized carbons (Fsp3) is 0.588. The summed E-state index contributed by atoms with van der Waals surface area (Å²) in [5, 5.41) is 2.91. The average molecular weight is 353 g/mol. The Morgan fingerprint density at radius 1 is 1.12 bits per heavy atom. The highest BCUT2D eigenvalue weighted by atomic mass is 32.2. The first-order valence-corrected chi connectivity index (χ1v) is 10.3. The lowest BCUT2D eigenvalue weighted by Gasteiger charge is -2.26. The summed E-state index contributed by atoms with van der Waals surface area (Å²) in [5.74, 6) is -0.106. The Balaban J connectivity index is 1.74. The molecule has 24 heavy (non-hydrogen) atoms. The summed E-state index contributed by atoms with van der Waals surface area (Å²) >= 11 is 0. The smallest absolute Gasteiger partial charge is 0.251 e. The van der Waals surface area contributed by atoms with Crippen LogP contribution in [-0.4, -0.2) is 51.2 Å². The molecule has 0 aliphatic carbocycles. The van der Waals surface area contributed by atoms with Crippen LogP contribution < -0.4 is 10.0 Å². The van der Waals surface area contributed by atoms with E-state index in [1.165, 1.54) is 32.4 Å². The largest absolute Gasteiger partial charge is 0.352 e. The Bertz CT molecular complexity index is 623. The summed E-state index contributed by atoms with van der Waals surface area (Å²) in [6.07, 6.45) is 4.83. The van der Waals surface area contributed by atoms with Crippen molar-refractivity contribution in [1.29, 1.82) is 0 Å². The van der Waals surface area contributed by atoms with E-state index < -0.39 is 10.0 Å². The molecule has 1 fully saturated rings. The first-order valence-electron chi connectivity index (χ1n) is 8.61. The number of likely N-dealkylation sites (tertiary alicyclic amines) is 1. The van der Waals surface area contributed by atoms with Crippen LogP contribution in [0.15, 0.2) is 24.3 Å². The lowest BCUT2D eigenvalue weighted by Crippen LogP contribution is -2.33. The number of carbonyl (C=O) groups is 1. The molecule has 2 rings (SSSR count). The predicted octanol–water partition coefficient (Wildman–Crippen LogP) is 2.05. The number of piperidine rings is 1. The maximum atomic E-state index is 12.1. The molecule has 1 aromatic rings. The predicted molar refractivity (Wildman–Crippen MR) is 96.8 cm³/mol. The van der Waals surface area contributed by atoms with E-state index in [9.17, 15) is 13.2 Å². The van der Waals surface area contributed by atoms with Gasteiger partial charge in [0.25, 0.3) is 5.91 Å². The molecule has 1 aliphatic heterocycles. The maximum absolute atomic E-state index is 12.1. The van der Waals surface area contributed by atoms with Gasteiger partial charge >= 0.3 is 0 Å². The van der Waals surface area contributed by atoms with Crippen molar-refractivity contribution in [3.05, 3.63) is 29.8 Å². The maximum Gasteiger partial charge on any atom is 0.251 e. The van der Waals surface area contributed by atoms with Gasteiger partial charge in [-0.2, -0.15) is 0 Å². The molecule has 1 aliphatic rings. The zero-order chi connectivity index (χ0) is 17.4. The van der Waals surface area contributed by atoms with Crippen LogP contribution in [0.25, 0.3) is 0 Å². The Morgan fingerprint density at radius 3 is 2.42 bits per heavy atom. The van der Waals surface area contributed by atoms with E-state index in [2.05, 4.69) is 14.9 Å². The first-order chi connectivity index (χ1) is 11.5. The molecular weight excluding hydrogens is 326 g/mol. The van der Waals surface area contributed by atoms with E-state index in [1.807, 2.05) is 0 Å². The minimum absolute atomic E-state index is 0.0201. The molecule has 6 nitrogen and oxygen atoms in total. The summed E-state index contributed by atoms with van der Waals surface area (Å²) in [5.41, 5.74) is 1.01. The van der Waals surface area contributed by atoms with Crippen molar-refractivity contribution in [2.75, 3.05) is 36.7 Å². The third-order valence-electron chi connectivity index (χ3n) is 4.19. The molecule has 1 saturated heterocycles. The summed E-state index contributed by atoms with van der Waals surface area (Å²) in [4.78, 5) is 14.5. The van der Waals surface area contributed by atoms with Gasteiger partial charge in [-0.1, -0.05) is 6.42 Å². The second-order valence-electron chi connectivity index (χ2n) is 6.09. The van der Waals surface area contributed by atoms with E-state index in [0.29, 0.717) is 17.8 Å². The minimum atomic E-state index is -3.29. The second-order valence-corrected chi connectivity index (χ2v) is 8.11. The molecular formula is C17H27N3O3S. The molecule has 0 aromatic heterocycles. The van der Waals surface area contributed by atoms with Crippen LogP contribution in [0.5, 0.6) is 0 Å². The third-order valence-corrected chi connectivity index (χ3v) is 5.49. The monoisotopic (exact) mass is 353 g/mol. The van der Waals surface area contributed by atoms with Crippen molar-refractivity contribution in [3.63, 3.8) is 0 Å². The number of rotatable bonds is 8. The number of hydrogen-bond donors (Lipinski definition) is 2. The third kappa shape index (κ3) is 6.13. The number of amides is 1. The highest BCUT2D eigenvalue weighted by molar-refractivity contribution is 7.92. The molecule has 0 saturated carbocycles. The van der Waals surface area contributed by atoms with E-state index in [4.69, 9.17) is 0 Å². The van der Waals surface area contributed by atoms with Gasteiger partial charge in [0.2, 0.25) is 10.0 Å².